The molecule has 7 nitrogen and oxygen atoms in total. The maximum atomic E-state index is 13.4. The number of anilines is 1. The van der Waals surface area contributed by atoms with Crippen molar-refractivity contribution in [2.24, 2.45) is 0 Å². The summed E-state index contributed by atoms with van der Waals surface area (Å²) in [5.74, 6) is 0.690. The first-order valence-corrected chi connectivity index (χ1v) is 12.8. The zero-order chi connectivity index (χ0) is 24.1. The predicted molar refractivity (Wildman–Crippen MR) is 139 cm³/mol. The topological polar surface area (TPSA) is 89.0 Å². The van der Waals surface area contributed by atoms with Crippen LogP contribution in [0.4, 0.5) is 5.82 Å². The van der Waals surface area contributed by atoms with E-state index >= 15 is 0 Å². The molecule has 180 valence electrons. The molecule has 2 N–H and O–H groups in total. The van der Waals surface area contributed by atoms with E-state index in [1.165, 1.54) is 16.9 Å². The van der Waals surface area contributed by atoms with E-state index in [-0.39, 0.29) is 11.3 Å². The summed E-state index contributed by atoms with van der Waals surface area (Å²) in [6.07, 6.45) is 5.91. The molecular weight excluding hydrogens is 458 g/mol. The highest BCUT2D eigenvalue weighted by Gasteiger charge is 2.35. The van der Waals surface area contributed by atoms with Gasteiger partial charge in [0.25, 0.3) is 5.91 Å². The van der Waals surface area contributed by atoms with Gasteiger partial charge in [0.05, 0.1) is 10.3 Å². The number of amides is 1. The Morgan fingerprint density at radius 3 is 2.63 bits per heavy atom. The number of carbonyl (C=O) groups excluding carboxylic acids is 1. The molecule has 4 heterocycles. The minimum atomic E-state index is -0.113. The van der Waals surface area contributed by atoms with Crippen molar-refractivity contribution in [1.82, 2.24) is 20.3 Å². The monoisotopic (exact) mass is 487 g/mol. The van der Waals surface area contributed by atoms with E-state index in [0.29, 0.717) is 31.2 Å². The standard InChI is InChI=1S/C27H29N5O2S/c1-19-22-24(29-14-10-21-9-5-6-13-28-21)31-18-32-26(22)35-23(19)25(33)30-17-27(11-15-34-16-12-27)20-7-3-2-4-8-20/h2-9,13,18H,10-12,14-17H2,1H3,(H,30,33)(H,29,31,32). The zero-order valence-corrected chi connectivity index (χ0v) is 20.6. The van der Waals surface area contributed by atoms with E-state index in [0.717, 1.165) is 46.6 Å². The molecule has 35 heavy (non-hydrogen) atoms. The first kappa shape index (κ1) is 23.4. The molecule has 0 radical (unpaired) electrons. The van der Waals surface area contributed by atoms with Gasteiger partial charge in [-0.15, -0.1) is 11.3 Å². The smallest absolute Gasteiger partial charge is 0.261 e. The molecule has 0 saturated carbocycles. The molecule has 0 spiro atoms. The lowest BCUT2D eigenvalue weighted by atomic mass is 9.74. The van der Waals surface area contributed by atoms with Crippen molar-refractivity contribution >= 4 is 33.3 Å². The number of aryl methyl sites for hydroxylation is 1. The van der Waals surface area contributed by atoms with Gasteiger partial charge in [-0.05, 0) is 43.0 Å². The number of carbonyl (C=O) groups is 1. The zero-order valence-electron chi connectivity index (χ0n) is 19.8. The Labute approximate surface area is 209 Å². The summed E-state index contributed by atoms with van der Waals surface area (Å²) in [6, 6.07) is 16.4. The van der Waals surface area contributed by atoms with Crippen LogP contribution in [0, 0.1) is 6.92 Å². The van der Waals surface area contributed by atoms with E-state index in [1.54, 1.807) is 12.5 Å². The molecular formula is C27H29N5O2S. The fourth-order valence-corrected chi connectivity index (χ4v) is 5.79. The Morgan fingerprint density at radius 2 is 1.86 bits per heavy atom. The quantitative estimate of drug-likeness (QED) is 0.380. The maximum Gasteiger partial charge on any atom is 0.261 e. The lowest BCUT2D eigenvalue weighted by Gasteiger charge is -2.38. The number of nitrogens with one attached hydrogen (secondary N) is 2. The molecule has 0 aliphatic carbocycles. The van der Waals surface area contributed by atoms with Gasteiger partial charge in [0, 0.05) is 50.0 Å². The number of nitrogens with zero attached hydrogens (tertiary/aromatic N) is 3. The first-order chi connectivity index (χ1) is 17.2. The number of pyridine rings is 1. The number of hydrogen-bond acceptors (Lipinski definition) is 7. The molecule has 1 fully saturated rings. The third-order valence-electron chi connectivity index (χ3n) is 6.76. The Balaban J connectivity index is 1.32. The number of ether oxygens (including phenoxy) is 1. The number of fused-ring (bicyclic) bond motifs is 1. The lowest BCUT2D eigenvalue weighted by molar-refractivity contribution is 0.0487. The van der Waals surface area contributed by atoms with Crippen molar-refractivity contribution < 1.29 is 9.53 Å². The number of hydrogen-bond donors (Lipinski definition) is 2. The molecule has 8 heteroatoms. The van der Waals surface area contributed by atoms with E-state index in [1.807, 2.05) is 31.2 Å². The van der Waals surface area contributed by atoms with Crippen LogP contribution >= 0.6 is 11.3 Å². The van der Waals surface area contributed by atoms with Gasteiger partial charge in [-0.25, -0.2) is 9.97 Å². The summed E-state index contributed by atoms with van der Waals surface area (Å²) in [5.41, 5.74) is 3.07. The number of benzene rings is 1. The molecule has 1 aromatic carbocycles. The van der Waals surface area contributed by atoms with Crippen LogP contribution in [0.3, 0.4) is 0 Å². The van der Waals surface area contributed by atoms with Gasteiger partial charge >= 0.3 is 0 Å². The van der Waals surface area contributed by atoms with Crippen LogP contribution in [-0.4, -0.2) is 47.2 Å². The third kappa shape index (κ3) is 5.04. The van der Waals surface area contributed by atoms with E-state index < -0.39 is 0 Å². The van der Waals surface area contributed by atoms with Gasteiger partial charge in [0.2, 0.25) is 0 Å². The van der Waals surface area contributed by atoms with E-state index in [2.05, 4.69) is 49.9 Å². The minimum Gasteiger partial charge on any atom is -0.381 e. The van der Waals surface area contributed by atoms with Gasteiger partial charge in [0.1, 0.15) is 17.0 Å². The Bertz CT molecular complexity index is 1290. The Hall–Kier alpha value is -3.36. The predicted octanol–water partition coefficient (Wildman–Crippen LogP) is 4.53. The van der Waals surface area contributed by atoms with Crippen molar-refractivity contribution in [3.63, 3.8) is 0 Å². The normalized spacial score (nSPS) is 15.1. The Kier molecular flexibility index (Phi) is 7.01. The largest absolute Gasteiger partial charge is 0.381 e. The average Bonchev–Trinajstić information content (AvgIpc) is 3.26. The first-order valence-electron chi connectivity index (χ1n) is 12.0. The summed E-state index contributed by atoms with van der Waals surface area (Å²) < 4.78 is 5.63. The van der Waals surface area contributed by atoms with Crippen molar-refractivity contribution in [3.8, 4) is 0 Å². The van der Waals surface area contributed by atoms with Gasteiger partial charge < -0.3 is 15.4 Å². The minimum absolute atomic E-state index is 0.0632. The second-order valence-electron chi connectivity index (χ2n) is 8.90. The van der Waals surface area contributed by atoms with E-state index in [9.17, 15) is 4.79 Å². The molecule has 1 aliphatic heterocycles. The third-order valence-corrected chi connectivity index (χ3v) is 7.95. The van der Waals surface area contributed by atoms with Crippen LogP contribution in [-0.2, 0) is 16.6 Å². The van der Waals surface area contributed by atoms with Crippen LogP contribution in [0.25, 0.3) is 10.2 Å². The molecule has 0 bridgehead atoms. The van der Waals surface area contributed by atoms with Gasteiger partial charge in [0.15, 0.2) is 0 Å². The van der Waals surface area contributed by atoms with Crippen molar-refractivity contribution in [2.45, 2.75) is 31.6 Å². The summed E-state index contributed by atoms with van der Waals surface area (Å²) >= 11 is 1.42. The van der Waals surface area contributed by atoms with Gasteiger partial charge in [-0.2, -0.15) is 0 Å². The lowest BCUT2D eigenvalue weighted by Crippen LogP contribution is -2.44. The molecule has 3 aromatic heterocycles. The van der Waals surface area contributed by atoms with Crippen LogP contribution < -0.4 is 10.6 Å². The summed E-state index contributed by atoms with van der Waals surface area (Å²) in [7, 11) is 0. The SMILES string of the molecule is Cc1c(C(=O)NCC2(c3ccccc3)CCOCC2)sc2ncnc(NCCc3ccccn3)c12. The number of rotatable bonds is 8. The highest BCUT2D eigenvalue weighted by Crippen LogP contribution is 2.36. The number of thiophene rings is 1. The molecule has 5 rings (SSSR count). The molecule has 1 amide bonds. The molecule has 4 aromatic rings. The second-order valence-corrected chi connectivity index (χ2v) is 9.90. The second kappa shape index (κ2) is 10.5. The summed E-state index contributed by atoms with van der Waals surface area (Å²) in [5, 5.41) is 7.55. The highest BCUT2D eigenvalue weighted by molar-refractivity contribution is 7.20. The number of aromatic nitrogens is 3. The van der Waals surface area contributed by atoms with Crippen LogP contribution in [0.15, 0.2) is 61.1 Å². The highest BCUT2D eigenvalue weighted by atomic mass is 32.1. The molecule has 0 unspecified atom stereocenters. The Morgan fingerprint density at radius 1 is 1.06 bits per heavy atom. The molecule has 1 saturated heterocycles. The van der Waals surface area contributed by atoms with Crippen molar-refractivity contribution in [3.05, 3.63) is 82.8 Å². The molecule has 1 aliphatic rings. The van der Waals surface area contributed by atoms with Crippen LogP contribution in [0.1, 0.15) is 39.3 Å². The molecule has 0 atom stereocenters. The van der Waals surface area contributed by atoms with Crippen molar-refractivity contribution in [2.75, 3.05) is 31.6 Å². The van der Waals surface area contributed by atoms with Crippen LogP contribution in [0.5, 0.6) is 0 Å². The fraction of sp³-hybridized carbons (Fsp3) is 0.333. The summed E-state index contributed by atoms with van der Waals surface area (Å²) in [6.45, 7) is 4.66. The van der Waals surface area contributed by atoms with Crippen molar-refractivity contribution in [1.29, 1.82) is 0 Å². The average molecular weight is 488 g/mol. The van der Waals surface area contributed by atoms with Gasteiger partial charge in [-0.1, -0.05) is 36.4 Å². The fourth-order valence-electron chi connectivity index (χ4n) is 4.73. The van der Waals surface area contributed by atoms with Gasteiger partial charge in [-0.3, -0.25) is 9.78 Å². The summed E-state index contributed by atoms with van der Waals surface area (Å²) in [4.78, 5) is 28.1. The van der Waals surface area contributed by atoms with E-state index in [4.69, 9.17) is 4.74 Å². The van der Waals surface area contributed by atoms with Crippen LogP contribution in [0.2, 0.25) is 0 Å². The maximum absolute atomic E-state index is 13.4.